The van der Waals surface area contributed by atoms with Crippen LogP contribution in [0.25, 0.3) is 10.9 Å². The monoisotopic (exact) mass is 282 g/mol. The van der Waals surface area contributed by atoms with Crippen LogP contribution in [0.5, 0.6) is 0 Å². The fraction of sp³-hybridized carbons (Fsp3) is 0.231. The predicted molar refractivity (Wildman–Crippen MR) is 72.2 cm³/mol. The average molecular weight is 283 g/mol. The second-order valence-corrected chi connectivity index (χ2v) is 4.21. The van der Waals surface area contributed by atoms with Crippen molar-refractivity contribution in [3.8, 4) is 0 Å². The van der Waals surface area contributed by atoms with Gasteiger partial charge in [-0.25, -0.2) is 9.18 Å². The Morgan fingerprint density at radius 2 is 2.26 bits per heavy atom. The number of hydrogen-bond donors (Lipinski definition) is 1. The molecule has 0 saturated carbocycles. The Bertz CT molecular complexity index is 646. The second kappa shape index (κ2) is 5.40. The molecule has 2 aromatic rings. The van der Waals surface area contributed by atoms with Crippen LogP contribution < -0.4 is 5.32 Å². The lowest BCUT2D eigenvalue weighted by atomic mass is 10.1. The van der Waals surface area contributed by atoms with Crippen LogP contribution in [0.15, 0.2) is 18.3 Å². The number of pyridine rings is 1. The van der Waals surface area contributed by atoms with E-state index in [1.807, 2.05) is 0 Å². The summed E-state index contributed by atoms with van der Waals surface area (Å²) < 4.78 is 18.2. The van der Waals surface area contributed by atoms with Gasteiger partial charge in [0, 0.05) is 24.7 Å². The van der Waals surface area contributed by atoms with Crippen molar-refractivity contribution in [1.29, 1.82) is 0 Å². The Balaban J connectivity index is 2.72. The quantitative estimate of drug-likeness (QED) is 0.878. The highest BCUT2D eigenvalue weighted by Crippen LogP contribution is 2.32. The van der Waals surface area contributed by atoms with Crippen molar-refractivity contribution in [3.05, 3.63) is 34.7 Å². The molecular formula is C13H12ClFN2O2. The number of carbonyl (C=O) groups excluding carboxylic acids is 1. The van der Waals surface area contributed by atoms with Crippen molar-refractivity contribution < 1.29 is 13.9 Å². The molecule has 19 heavy (non-hydrogen) atoms. The van der Waals surface area contributed by atoms with E-state index < -0.39 is 11.8 Å². The van der Waals surface area contributed by atoms with E-state index in [4.69, 9.17) is 16.3 Å². The molecule has 0 fully saturated rings. The first-order chi connectivity index (χ1) is 9.08. The number of anilines is 1. The number of nitrogens with zero attached hydrogens (tertiary/aromatic N) is 1. The number of rotatable bonds is 3. The van der Waals surface area contributed by atoms with Gasteiger partial charge in [-0.2, -0.15) is 0 Å². The summed E-state index contributed by atoms with van der Waals surface area (Å²) in [4.78, 5) is 15.9. The highest BCUT2D eigenvalue weighted by atomic mass is 35.5. The molecule has 0 aliphatic heterocycles. The number of esters is 1. The zero-order valence-electron chi connectivity index (χ0n) is 10.5. The summed E-state index contributed by atoms with van der Waals surface area (Å²) in [7, 11) is 1.65. The van der Waals surface area contributed by atoms with E-state index in [0.29, 0.717) is 16.6 Å². The Labute approximate surface area is 114 Å². The Hall–Kier alpha value is -1.88. The molecule has 0 amide bonds. The molecule has 0 saturated heterocycles. The van der Waals surface area contributed by atoms with Crippen molar-refractivity contribution in [1.82, 2.24) is 4.98 Å². The molecule has 0 aliphatic rings. The fourth-order valence-corrected chi connectivity index (χ4v) is 2.16. The number of fused-ring (bicyclic) bond motifs is 1. The van der Waals surface area contributed by atoms with Crippen LogP contribution in [-0.4, -0.2) is 24.6 Å². The molecular weight excluding hydrogens is 271 g/mol. The highest BCUT2D eigenvalue weighted by molar-refractivity contribution is 6.36. The summed E-state index contributed by atoms with van der Waals surface area (Å²) in [6.07, 6.45) is 1.35. The van der Waals surface area contributed by atoms with Gasteiger partial charge in [0.25, 0.3) is 0 Å². The Morgan fingerprint density at radius 1 is 1.53 bits per heavy atom. The molecule has 0 unspecified atom stereocenters. The lowest BCUT2D eigenvalue weighted by Crippen LogP contribution is -2.09. The van der Waals surface area contributed by atoms with E-state index in [1.165, 1.54) is 18.3 Å². The summed E-state index contributed by atoms with van der Waals surface area (Å²) in [6, 6.07) is 2.44. The van der Waals surface area contributed by atoms with Crippen LogP contribution in [0.1, 0.15) is 17.3 Å². The van der Waals surface area contributed by atoms with Crippen LogP contribution in [0.2, 0.25) is 5.02 Å². The van der Waals surface area contributed by atoms with Gasteiger partial charge < -0.3 is 10.1 Å². The highest BCUT2D eigenvalue weighted by Gasteiger charge is 2.18. The third-order valence-corrected chi connectivity index (χ3v) is 2.93. The number of benzene rings is 1. The van der Waals surface area contributed by atoms with Crippen LogP contribution >= 0.6 is 11.6 Å². The van der Waals surface area contributed by atoms with Gasteiger partial charge in [-0.15, -0.1) is 0 Å². The zero-order valence-corrected chi connectivity index (χ0v) is 11.2. The zero-order chi connectivity index (χ0) is 14.0. The minimum atomic E-state index is -0.498. The smallest absolute Gasteiger partial charge is 0.341 e. The molecule has 100 valence electrons. The van der Waals surface area contributed by atoms with Crippen LogP contribution in [-0.2, 0) is 4.74 Å². The van der Waals surface area contributed by atoms with Crippen LogP contribution in [0.3, 0.4) is 0 Å². The second-order valence-electron chi connectivity index (χ2n) is 3.80. The lowest BCUT2D eigenvalue weighted by molar-refractivity contribution is 0.0527. The molecule has 4 nitrogen and oxygen atoms in total. The maximum Gasteiger partial charge on any atom is 0.341 e. The van der Waals surface area contributed by atoms with Gasteiger partial charge >= 0.3 is 5.97 Å². The molecule has 0 atom stereocenters. The van der Waals surface area contributed by atoms with E-state index in [-0.39, 0.29) is 17.2 Å². The normalized spacial score (nSPS) is 10.5. The van der Waals surface area contributed by atoms with Gasteiger partial charge in [-0.3, -0.25) is 4.98 Å². The molecule has 1 heterocycles. The van der Waals surface area contributed by atoms with E-state index in [0.717, 1.165) is 0 Å². The molecule has 2 rings (SSSR count). The number of carbonyl (C=O) groups is 1. The summed E-state index contributed by atoms with van der Waals surface area (Å²) in [5.74, 6) is -0.974. The SMILES string of the molecule is CCOC(=O)c1cnc2cc(F)cc(Cl)c2c1NC. The molecule has 1 aromatic carbocycles. The van der Waals surface area contributed by atoms with E-state index in [9.17, 15) is 9.18 Å². The van der Waals surface area contributed by atoms with Crippen molar-refractivity contribution >= 4 is 34.2 Å². The van der Waals surface area contributed by atoms with E-state index >= 15 is 0 Å². The maximum atomic E-state index is 13.3. The van der Waals surface area contributed by atoms with Crippen LogP contribution in [0.4, 0.5) is 10.1 Å². The third-order valence-electron chi connectivity index (χ3n) is 2.63. The topological polar surface area (TPSA) is 51.2 Å². The summed E-state index contributed by atoms with van der Waals surface area (Å²) >= 11 is 6.03. The molecule has 0 bridgehead atoms. The minimum Gasteiger partial charge on any atom is -0.462 e. The molecule has 0 spiro atoms. The number of aromatic nitrogens is 1. The molecule has 0 radical (unpaired) electrons. The first kappa shape index (κ1) is 13.5. The molecule has 0 aliphatic carbocycles. The van der Waals surface area contributed by atoms with Crippen molar-refractivity contribution in [2.24, 2.45) is 0 Å². The van der Waals surface area contributed by atoms with Gasteiger partial charge in [0.2, 0.25) is 0 Å². The molecule has 1 N–H and O–H groups in total. The maximum absolute atomic E-state index is 13.3. The minimum absolute atomic E-state index is 0.193. The summed E-state index contributed by atoms with van der Waals surface area (Å²) in [5, 5.41) is 3.58. The van der Waals surface area contributed by atoms with Crippen molar-refractivity contribution in [3.63, 3.8) is 0 Å². The van der Waals surface area contributed by atoms with E-state index in [1.54, 1.807) is 14.0 Å². The number of halogens is 2. The number of hydrogen-bond acceptors (Lipinski definition) is 4. The first-order valence-electron chi connectivity index (χ1n) is 5.71. The van der Waals surface area contributed by atoms with Gasteiger partial charge in [-0.05, 0) is 13.0 Å². The largest absolute Gasteiger partial charge is 0.462 e. The van der Waals surface area contributed by atoms with Crippen molar-refractivity contribution in [2.45, 2.75) is 6.92 Å². The lowest BCUT2D eigenvalue weighted by Gasteiger charge is -2.12. The first-order valence-corrected chi connectivity index (χ1v) is 6.09. The Kier molecular flexibility index (Phi) is 3.85. The predicted octanol–water partition coefficient (Wildman–Crippen LogP) is 3.25. The molecule has 6 heteroatoms. The van der Waals surface area contributed by atoms with Crippen LogP contribution in [0, 0.1) is 5.82 Å². The van der Waals surface area contributed by atoms with E-state index in [2.05, 4.69) is 10.3 Å². The average Bonchev–Trinajstić information content (AvgIpc) is 2.37. The summed E-state index contributed by atoms with van der Waals surface area (Å²) in [5.41, 5.74) is 1.13. The fourth-order valence-electron chi connectivity index (χ4n) is 1.87. The van der Waals surface area contributed by atoms with Gasteiger partial charge in [-0.1, -0.05) is 11.6 Å². The van der Waals surface area contributed by atoms with Gasteiger partial charge in [0.1, 0.15) is 11.4 Å². The number of nitrogens with one attached hydrogen (secondary N) is 1. The van der Waals surface area contributed by atoms with Gasteiger partial charge in [0.15, 0.2) is 0 Å². The van der Waals surface area contributed by atoms with Gasteiger partial charge in [0.05, 0.1) is 22.8 Å². The third kappa shape index (κ3) is 2.46. The molecule has 1 aromatic heterocycles. The summed E-state index contributed by atoms with van der Waals surface area (Å²) in [6.45, 7) is 1.98. The van der Waals surface area contributed by atoms with Crippen molar-refractivity contribution in [2.75, 3.05) is 19.0 Å². The number of ether oxygens (including phenoxy) is 1. The Morgan fingerprint density at radius 3 is 2.89 bits per heavy atom. The standard InChI is InChI=1S/C13H12ClFN2O2/c1-3-19-13(18)8-6-17-10-5-7(15)4-9(14)11(10)12(8)16-2/h4-6H,3H2,1-2H3,(H,16,17).